The standard InChI is InChI=1S/C29H45F2NO2/c1-19(18-32-14-11-23(12-15-32)29(4,30)31)24-9-10-25-22(6-5-13-28(24,25)3)8-7-21-16-26(33)20(2)27(34)17-21/h7-8,19,23-27,33-34H,2,5-6,9-18H2,1,3-4H3/b22-8+/t19-,24-,25+,26-,27-,28-/m1/s1. The van der Waals surface area contributed by atoms with Crippen LogP contribution in [-0.2, 0) is 0 Å². The third-order valence-electron chi connectivity index (χ3n) is 9.88. The van der Waals surface area contributed by atoms with Gasteiger partial charge in [0.2, 0.25) is 5.92 Å². The van der Waals surface area contributed by atoms with E-state index in [2.05, 4.69) is 37.5 Å². The zero-order valence-corrected chi connectivity index (χ0v) is 21.4. The molecule has 0 unspecified atom stereocenters. The van der Waals surface area contributed by atoms with Gasteiger partial charge >= 0.3 is 0 Å². The first-order valence-corrected chi connectivity index (χ1v) is 13.5. The van der Waals surface area contributed by atoms with Gasteiger partial charge < -0.3 is 15.1 Å². The number of alkyl halides is 2. The van der Waals surface area contributed by atoms with Gasteiger partial charge in [-0.1, -0.05) is 43.7 Å². The lowest BCUT2D eigenvalue weighted by Crippen LogP contribution is -2.44. The molecular formula is C29H45F2NO2. The smallest absolute Gasteiger partial charge is 0.248 e. The Labute approximate surface area is 205 Å². The molecule has 4 fully saturated rings. The van der Waals surface area contributed by atoms with Crippen LogP contribution in [0.4, 0.5) is 8.78 Å². The molecule has 0 spiro atoms. The maximum Gasteiger partial charge on any atom is 0.248 e. The van der Waals surface area contributed by atoms with Crippen LogP contribution < -0.4 is 0 Å². The summed E-state index contributed by atoms with van der Waals surface area (Å²) >= 11 is 0. The van der Waals surface area contributed by atoms with Gasteiger partial charge in [0.1, 0.15) is 0 Å². The highest BCUT2D eigenvalue weighted by molar-refractivity contribution is 5.29. The minimum atomic E-state index is -2.55. The van der Waals surface area contributed by atoms with Gasteiger partial charge in [-0.05, 0) is 107 Å². The monoisotopic (exact) mass is 477 g/mol. The molecule has 0 aromatic heterocycles. The second kappa shape index (κ2) is 10.1. The van der Waals surface area contributed by atoms with Gasteiger partial charge in [0.05, 0.1) is 12.2 Å². The van der Waals surface area contributed by atoms with Crippen molar-refractivity contribution < 1.29 is 19.0 Å². The van der Waals surface area contributed by atoms with Crippen molar-refractivity contribution in [2.24, 2.45) is 29.1 Å². The fourth-order valence-electron chi connectivity index (χ4n) is 7.80. The Balaban J connectivity index is 1.39. The van der Waals surface area contributed by atoms with Crippen LogP contribution >= 0.6 is 0 Å². The first-order chi connectivity index (χ1) is 16.0. The van der Waals surface area contributed by atoms with Gasteiger partial charge in [0.25, 0.3) is 0 Å². The van der Waals surface area contributed by atoms with E-state index in [1.807, 2.05) is 0 Å². The lowest BCUT2D eigenvalue weighted by Gasteiger charge is -2.45. The maximum atomic E-state index is 13.7. The Morgan fingerprint density at radius 1 is 1.12 bits per heavy atom. The van der Waals surface area contributed by atoms with Gasteiger partial charge in [-0.15, -0.1) is 0 Å². The summed E-state index contributed by atoms with van der Waals surface area (Å²) in [4.78, 5) is 2.43. The quantitative estimate of drug-likeness (QED) is 0.468. The Morgan fingerprint density at radius 2 is 1.76 bits per heavy atom. The molecule has 2 N–H and O–H groups in total. The number of aliphatic hydroxyl groups excluding tert-OH is 2. The summed E-state index contributed by atoms with van der Waals surface area (Å²) < 4.78 is 27.4. The van der Waals surface area contributed by atoms with Gasteiger partial charge in [0, 0.05) is 12.5 Å². The third kappa shape index (κ3) is 5.37. The minimum Gasteiger partial charge on any atom is -0.388 e. The highest BCUT2D eigenvalue weighted by Gasteiger charge is 2.51. The maximum absolute atomic E-state index is 13.7. The van der Waals surface area contributed by atoms with E-state index in [-0.39, 0.29) is 0 Å². The van der Waals surface area contributed by atoms with Crippen LogP contribution in [0.2, 0.25) is 0 Å². The first kappa shape index (κ1) is 26.0. The van der Waals surface area contributed by atoms with E-state index in [0.717, 1.165) is 38.6 Å². The van der Waals surface area contributed by atoms with Gasteiger partial charge in [-0.2, -0.15) is 0 Å². The van der Waals surface area contributed by atoms with E-state index >= 15 is 0 Å². The summed E-state index contributed by atoms with van der Waals surface area (Å²) in [6, 6.07) is 0. The number of rotatable bonds is 5. The van der Waals surface area contributed by atoms with Crippen molar-refractivity contribution in [3.8, 4) is 0 Å². The number of piperidine rings is 1. The van der Waals surface area contributed by atoms with Crippen molar-refractivity contribution in [1.82, 2.24) is 4.90 Å². The summed E-state index contributed by atoms with van der Waals surface area (Å²) in [5.74, 6) is -1.17. The summed E-state index contributed by atoms with van der Waals surface area (Å²) in [6.07, 6.45) is 11.6. The van der Waals surface area contributed by atoms with E-state index in [1.165, 1.54) is 31.3 Å². The van der Waals surface area contributed by atoms with Crippen molar-refractivity contribution in [3.05, 3.63) is 35.5 Å². The molecule has 1 saturated heterocycles. The largest absolute Gasteiger partial charge is 0.388 e. The average molecular weight is 478 g/mol. The van der Waals surface area contributed by atoms with Gasteiger partial charge in [-0.25, -0.2) is 8.78 Å². The molecule has 192 valence electrons. The van der Waals surface area contributed by atoms with Crippen LogP contribution in [0.5, 0.6) is 0 Å². The molecule has 0 aromatic rings. The Morgan fingerprint density at radius 3 is 2.38 bits per heavy atom. The number of fused-ring (bicyclic) bond motifs is 1. The molecule has 1 heterocycles. The van der Waals surface area contributed by atoms with E-state index in [0.29, 0.717) is 54.4 Å². The molecule has 0 bridgehead atoms. The average Bonchev–Trinajstić information content (AvgIpc) is 3.13. The zero-order valence-electron chi connectivity index (χ0n) is 21.4. The number of allylic oxidation sites excluding steroid dienone is 3. The van der Waals surface area contributed by atoms with E-state index in [9.17, 15) is 19.0 Å². The second-order valence-corrected chi connectivity index (χ2v) is 12.2. The fourth-order valence-corrected chi connectivity index (χ4v) is 7.80. The predicted octanol–water partition coefficient (Wildman–Crippen LogP) is 6.13. The van der Waals surface area contributed by atoms with Crippen LogP contribution in [0.15, 0.2) is 35.5 Å². The molecule has 3 nitrogen and oxygen atoms in total. The summed E-state index contributed by atoms with van der Waals surface area (Å²) in [7, 11) is 0. The number of hydrogen-bond donors (Lipinski definition) is 2. The van der Waals surface area contributed by atoms with Crippen LogP contribution in [0.25, 0.3) is 0 Å². The lowest BCUT2D eigenvalue weighted by molar-refractivity contribution is -0.0641. The predicted molar refractivity (Wildman–Crippen MR) is 134 cm³/mol. The third-order valence-corrected chi connectivity index (χ3v) is 9.88. The molecule has 34 heavy (non-hydrogen) atoms. The van der Waals surface area contributed by atoms with Crippen molar-refractivity contribution in [3.63, 3.8) is 0 Å². The Bertz CT molecular complexity index is 791. The molecule has 0 amide bonds. The molecule has 3 aliphatic carbocycles. The van der Waals surface area contributed by atoms with Crippen molar-refractivity contribution >= 4 is 0 Å². The van der Waals surface area contributed by atoms with E-state index in [4.69, 9.17) is 0 Å². The van der Waals surface area contributed by atoms with Gasteiger partial charge in [0.15, 0.2) is 0 Å². The summed E-state index contributed by atoms with van der Waals surface area (Å²) in [5.41, 5.74) is 3.48. The molecule has 6 atom stereocenters. The minimum absolute atomic E-state index is 0.302. The molecule has 0 radical (unpaired) electrons. The Hall–Kier alpha value is -1.04. The molecule has 4 rings (SSSR count). The van der Waals surface area contributed by atoms with E-state index in [1.54, 1.807) is 0 Å². The lowest BCUT2D eigenvalue weighted by atomic mass is 9.61. The van der Waals surface area contributed by atoms with E-state index < -0.39 is 24.0 Å². The number of hydrogen-bond acceptors (Lipinski definition) is 3. The first-order valence-electron chi connectivity index (χ1n) is 13.5. The topological polar surface area (TPSA) is 43.7 Å². The van der Waals surface area contributed by atoms with Crippen LogP contribution in [0.1, 0.15) is 78.6 Å². The van der Waals surface area contributed by atoms with Crippen molar-refractivity contribution in [2.45, 2.75) is 96.7 Å². The SMILES string of the molecule is C=C1[C@H](O)CC(=C/C=C2\CCC[C@]3(C)[C@@H]([C@H](C)CN4CCC(C(C)(F)F)CC4)CC[C@@H]23)C[C@H]1O. The van der Waals surface area contributed by atoms with Crippen LogP contribution in [-0.4, -0.2) is 52.9 Å². The molecule has 1 aliphatic heterocycles. The summed E-state index contributed by atoms with van der Waals surface area (Å²) in [5, 5.41) is 20.3. The summed E-state index contributed by atoms with van der Waals surface area (Å²) in [6.45, 7) is 12.4. The molecule has 3 saturated carbocycles. The van der Waals surface area contributed by atoms with Crippen LogP contribution in [0, 0.1) is 29.1 Å². The number of nitrogens with zero attached hydrogens (tertiary/aromatic N) is 1. The number of likely N-dealkylation sites (tertiary alicyclic amines) is 1. The number of aliphatic hydroxyl groups is 2. The zero-order chi connectivity index (χ0) is 24.7. The van der Waals surface area contributed by atoms with Crippen molar-refractivity contribution in [2.75, 3.05) is 19.6 Å². The highest BCUT2D eigenvalue weighted by Crippen LogP contribution is 2.59. The normalized spacial score (nSPS) is 38.3. The van der Waals surface area contributed by atoms with Crippen molar-refractivity contribution in [1.29, 1.82) is 0 Å². The van der Waals surface area contributed by atoms with Crippen LogP contribution in [0.3, 0.4) is 0 Å². The molecule has 5 heteroatoms. The fraction of sp³-hybridized carbons (Fsp3) is 0.793. The van der Waals surface area contributed by atoms with Gasteiger partial charge in [-0.3, -0.25) is 0 Å². The molecule has 0 aromatic carbocycles. The highest BCUT2D eigenvalue weighted by atomic mass is 19.3. The second-order valence-electron chi connectivity index (χ2n) is 12.2. The Kier molecular flexibility index (Phi) is 7.77. The molecular weight excluding hydrogens is 432 g/mol. The molecule has 4 aliphatic rings. The number of halogens is 2.